The molecule has 7 heteroatoms. The van der Waals surface area contributed by atoms with Crippen LogP contribution in [0.3, 0.4) is 0 Å². The van der Waals surface area contributed by atoms with Gasteiger partial charge in [-0.2, -0.15) is 8.42 Å². The summed E-state index contributed by atoms with van der Waals surface area (Å²) < 4.78 is 29.7. The fraction of sp³-hybridized carbons (Fsp3) is 0. The zero-order valence-corrected chi connectivity index (χ0v) is 12.6. The molecule has 0 aromatic heterocycles. The van der Waals surface area contributed by atoms with Gasteiger partial charge in [0, 0.05) is 6.07 Å². The van der Waals surface area contributed by atoms with Crippen LogP contribution in [-0.2, 0) is 10.1 Å². The summed E-state index contributed by atoms with van der Waals surface area (Å²) in [7, 11) is -4.30. The fourth-order valence-electron chi connectivity index (χ4n) is 2.21. The lowest BCUT2D eigenvalue weighted by Gasteiger charge is -2.08. The smallest absolute Gasteiger partial charge is 0.346 e. The summed E-state index contributed by atoms with van der Waals surface area (Å²) in [5, 5.41) is 12.7. The predicted octanol–water partition coefficient (Wildman–Crippen LogP) is 3.52. The molecule has 0 atom stereocenters. The Morgan fingerprint density at radius 2 is 1.52 bits per heavy atom. The van der Waals surface area contributed by atoms with Gasteiger partial charge in [-0.25, -0.2) is 0 Å². The molecule has 0 N–H and O–H groups in total. The molecule has 0 aliphatic rings. The summed E-state index contributed by atoms with van der Waals surface area (Å²) >= 11 is 0. The largest absolute Gasteiger partial charge is 0.379 e. The van der Waals surface area contributed by atoms with Gasteiger partial charge < -0.3 is 4.18 Å². The van der Waals surface area contributed by atoms with E-state index in [4.69, 9.17) is 4.18 Å². The van der Waals surface area contributed by atoms with Crippen LogP contribution >= 0.6 is 0 Å². The lowest BCUT2D eigenvalue weighted by molar-refractivity contribution is -0.387. The van der Waals surface area contributed by atoms with Crippen molar-refractivity contribution in [2.24, 2.45) is 0 Å². The monoisotopic (exact) mass is 329 g/mol. The van der Waals surface area contributed by atoms with Crippen molar-refractivity contribution in [2.75, 3.05) is 0 Å². The molecular formula is C16H11NO5S. The number of para-hydroxylation sites is 1. The van der Waals surface area contributed by atoms with Gasteiger partial charge in [-0.05, 0) is 29.0 Å². The summed E-state index contributed by atoms with van der Waals surface area (Å²) in [5.41, 5.74) is -0.520. The molecule has 0 bridgehead atoms. The molecule has 0 heterocycles. The van der Waals surface area contributed by atoms with Crippen molar-refractivity contribution in [1.82, 2.24) is 0 Å². The van der Waals surface area contributed by atoms with Crippen LogP contribution in [0.25, 0.3) is 10.8 Å². The lowest BCUT2D eigenvalue weighted by Crippen LogP contribution is -2.11. The van der Waals surface area contributed by atoms with Crippen LogP contribution < -0.4 is 4.18 Å². The molecule has 0 aliphatic heterocycles. The number of nitrogens with zero attached hydrogens (tertiary/aromatic N) is 1. The van der Waals surface area contributed by atoms with Gasteiger partial charge in [0.1, 0.15) is 5.75 Å². The second-order valence-electron chi connectivity index (χ2n) is 4.77. The zero-order valence-electron chi connectivity index (χ0n) is 11.7. The van der Waals surface area contributed by atoms with Crippen molar-refractivity contribution in [1.29, 1.82) is 0 Å². The van der Waals surface area contributed by atoms with E-state index in [0.29, 0.717) is 0 Å². The van der Waals surface area contributed by atoms with Crippen molar-refractivity contribution >= 4 is 26.6 Å². The van der Waals surface area contributed by atoms with Crippen LogP contribution in [0, 0.1) is 10.1 Å². The van der Waals surface area contributed by atoms with E-state index in [1.165, 1.54) is 18.2 Å². The zero-order chi connectivity index (χ0) is 16.4. The van der Waals surface area contributed by atoms with E-state index in [-0.39, 0.29) is 5.75 Å². The van der Waals surface area contributed by atoms with Gasteiger partial charge in [0.25, 0.3) is 5.69 Å². The van der Waals surface area contributed by atoms with E-state index >= 15 is 0 Å². The Morgan fingerprint density at radius 1 is 0.870 bits per heavy atom. The van der Waals surface area contributed by atoms with Gasteiger partial charge in [0.05, 0.1) is 4.92 Å². The number of hydrogen-bond acceptors (Lipinski definition) is 5. The third-order valence-corrected chi connectivity index (χ3v) is 4.55. The van der Waals surface area contributed by atoms with Crippen LogP contribution in [0.4, 0.5) is 5.69 Å². The third kappa shape index (κ3) is 3.00. The van der Waals surface area contributed by atoms with Gasteiger partial charge in [-0.1, -0.05) is 42.5 Å². The van der Waals surface area contributed by atoms with Crippen molar-refractivity contribution in [3.05, 3.63) is 76.8 Å². The Kier molecular flexibility index (Phi) is 3.71. The molecular weight excluding hydrogens is 318 g/mol. The number of nitro benzene ring substituents is 1. The molecule has 3 rings (SSSR count). The fourth-order valence-corrected chi connectivity index (χ4v) is 3.30. The van der Waals surface area contributed by atoms with Gasteiger partial charge in [-0.15, -0.1) is 0 Å². The normalized spacial score (nSPS) is 11.3. The molecule has 0 saturated carbocycles. The minimum atomic E-state index is -4.30. The second kappa shape index (κ2) is 5.69. The van der Waals surface area contributed by atoms with E-state index in [9.17, 15) is 18.5 Å². The first kappa shape index (κ1) is 15.0. The molecule has 0 amide bonds. The van der Waals surface area contributed by atoms with E-state index in [2.05, 4.69) is 0 Å². The van der Waals surface area contributed by atoms with E-state index < -0.39 is 25.6 Å². The molecule has 0 fully saturated rings. The first-order chi connectivity index (χ1) is 11.0. The minimum Gasteiger partial charge on any atom is -0.379 e. The highest BCUT2D eigenvalue weighted by Crippen LogP contribution is 2.28. The summed E-state index contributed by atoms with van der Waals surface area (Å²) in [6.45, 7) is 0. The average Bonchev–Trinajstić information content (AvgIpc) is 2.54. The highest BCUT2D eigenvalue weighted by atomic mass is 32.2. The maximum absolute atomic E-state index is 12.3. The quantitative estimate of drug-likeness (QED) is 0.415. The average molecular weight is 329 g/mol. The topological polar surface area (TPSA) is 86.5 Å². The van der Waals surface area contributed by atoms with Crippen LogP contribution in [0.15, 0.2) is 71.6 Å². The summed E-state index contributed by atoms with van der Waals surface area (Å²) in [5.74, 6) is 0.0989. The van der Waals surface area contributed by atoms with E-state index in [1.807, 2.05) is 24.3 Å². The molecule has 0 aliphatic carbocycles. The van der Waals surface area contributed by atoms with Crippen LogP contribution in [0.2, 0.25) is 0 Å². The highest BCUT2D eigenvalue weighted by molar-refractivity contribution is 7.87. The Morgan fingerprint density at radius 3 is 2.26 bits per heavy atom. The van der Waals surface area contributed by atoms with Crippen molar-refractivity contribution in [3.8, 4) is 5.75 Å². The maximum Gasteiger partial charge on any atom is 0.346 e. The molecule has 6 nitrogen and oxygen atoms in total. The van der Waals surface area contributed by atoms with Gasteiger partial charge in [0.15, 0.2) is 4.90 Å². The standard InChI is InChI=1S/C16H11NO5S/c18-17(19)15-7-3-4-8-16(15)23(20,21)22-14-10-9-12-5-1-2-6-13(12)11-14/h1-11H. The SMILES string of the molecule is O=[N+]([O-])c1ccccc1S(=O)(=O)Oc1ccc2ccccc2c1. The number of benzene rings is 3. The minimum absolute atomic E-state index is 0.0989. The van der Waals surface area contributed by atoms with E-state index in [0.717, 1.165) is 22.9 Å². The maximum atomic E-state index is 12.3. The molecule has 0 saturated heterocycles. The van der Waals surface area contributed by atoms with Gasteiger partial charge >= 0.3 is 10.1 Å². The van der Waals surface area contributed by atoms with Crippen molar-refractivity contribution in [2.45, 2.75) is 4.90 Å². The molecule has 0 spiro atoms. The number of fused-ring (bicyclic) bond motifs is 1. The summed E-state index contributed by atoms with van der Waals surface area (Å²) in [6, 6.07) is 17.3. The van der Waals surface area contributed by atoms with Gasteiger partial charge in [-0.3, -0.25) is 10.1 Å². The Balaban J connectivity index is 2.02. The molecule has 3 aromatic rings. The Labute approximate surface area is 132 Å². The molecule has 23 heavy (non-hydrogen) atoms. The van der Waals surface area contributed by atoms with Crippen LogP contribution in [0.1, 0.15) is 0 Å². The summed E-state index contributed by atoms with van der Waals surface area (Å²) in [6.07, 6.45) is 0. The first-order valence-corrected chi connectivity index (χ1v) is 8.05. The second-order valence-corrected chi connectivity index (χ2v) is 6.29. The van der Waals surface area contributed by atoms with Crippen LogP contribution in [-0.4, -0.2) is 13.3 Å². The highest BCUT2D eigenvalue weighted by Gasteiger charge is 2.27. The number of nitro groups is 1. The Hall–Kier alpha value is -2.93. The lowest BCUT2D eigenvalue weighted by atomic mass is 10.1. The molecule has 0 radical (unpaired) electrons. The molecule has 0 unspecified atom stereocenters. The predicted molar refractivity (Wildman–Crippen MR) is 84.9 cm³/mol. The van der Waals surface area contributed by atoms with E-state index in [1.54, 1.807) is 12.1 Å². The third-order valence-electron chi connectivity index (χ3n) is 3.26. The molecule has 116 valence electrons. The number of rotatable bonds is 4. The van der Waals surface area contributed by atoms with Crippen molar-refractivity contribution in [3.63, 3.8) is 0 Å². The Bertz CT molecular complexity index is 998. The molecule has 3 aromatic carbocycles. The van der Waals surface area contributed by atoms with Gasteiger partial charge in [0.2, 0.25) is 0 Å². The van der Waals surface area contributed by atoms with Crippen LogP contribution in [0.5, 0.6) is 5.75 Å². The first-order valence-electron chi connectivity index (χ1n) is 6.64. The number of hydrogen-bond donors (Lipinski definition) is 0. The summed E-state index contributed by atoms with van der Waals surface area (Å²) in [4.78, 5) is 9.75. The van der Waals surface area contributed by atoms with Crippen molar-refractivity contribution < 1.29 is 17.5 Å².